The molecule has 2 rings (SSSR count). The van der Waals surface area contributed by atoms with Gasteiger partial charge in [-0.05, 0) is 0 Å². The van der Waals surface area contributed by atoms with Crippen LogP contribution >= 0.6 is 0 Å². The molecule has 0 spiro atoms. The minimum atomic E-state index is -0.0883. The Morgan fingerprint density at radius 2 is 1.37 bits per heavy atom. The van der Waals surface area contributed by atoms with Crippen molar-refractivity contribution in [1.29, 1.82) is 0 Å². The van der Waals surface area contributed by atoms with E-state index in [1.807, 2.05) is 0 Å². The maximum absolute atomic E-state index is 3.48. The van der Waals surface area contributed by atoms with Crippen molar-refractivity contribution in [1.82, 2.24) is 0 Å². The molecule has 1 aliphatic carbocycles. The van der Waals surface area contributed by atoms with Crippen molar-refractivity contribution in [3.8, 4) is 0 Å². The van der Waals surface area contributed by atoms with E-state index in [1.54, 1.807) is 0 Å². The Labute approximate surface area is 125 Å². The molecule has 1 aromatic carbocycles. The zero-order valence-corrected chi connectivity index (χ0v) is 13.9. The molecule has 0 aromatic heterocycles. The number of allylic oxidation sites excluding steroid dienone is 4. The average molecular weight is 292 g/mol. The van der Waals surface area contributed by atoms with Crippen LogP contribution in [0, 0.1) is 0 Å². The summed E-state index contributed by atoms with van der Waals surface area (Å²) in [6.07, 6.45) is 0. The van der Waals surface area contributed by atoms with Crippen molar-refractivity contribution in [2.75, 3.05) is 19.0 Å². The van der Waals surface area contributed by atoms with Crippen molar-refractivity contribution in [3.63, 3.8) is 0 Å². The Balaban J connectivity index is 2.72. The summed E-state index contributed by atoms with van der Waals surface area (Å²) in [4.78, 5) is 2.19. The predicted octanol–water partition coefficient (Wildman–Crippen LogP) is 4.18. The van der Waals surface area contributed by atoms with Crippen LogP contribution in [0.4, 0.5) is 5.69 Å². The molecular formula is C17H22CrN. The van der Waals surface area contributed by atoms with Gasteiger partial charge in [-0.15, -0.1) is 0 Å². The second kappa shape index (κ2) is 4.85. The monoisotopic (exact) mass is 292 g/mol. The summed E-state index contributed by atoms with van der Waals surface area (Å²) in [5, 5.41) is 0. The van der Waals surface area contributed by atoms with Gasteiger partial charge in [0.15, 0.2) is 0 Å². The summed E-state index contributed by atoms with van der Waals surface area (Å²) in [6, 6.07) is 8.67. The Bertz CT molecular complexity index is 555. The van der Waals surface area contributed by atoms with Crippen LogP contribution in [0.15, 0.2) is 46.6 Å². The SMILES string of the molecule is CC1=C(C)[C]([Cr])(c2ccccc2N(C)C)C(C)=C1C. The van der Waals surface area contributed by atoms with Gasteiger partial charge in [0.1, 0.15) is 0 Å². The van der Waals surface area contributed by atoms with Crippen molar-refractivity contribution < 1.29 is 16.3 Å². The average Bonchev–Trinajstić information content (AvgIpc) is 2.55. The topological polar surface area (TPSA) is 3.24 Å². The number of anilines is 1. The van der Waals surface area contributed by atoms with Crippen LogP contribution in [0.2, 0.25) is 0 Å². The third-order valence-electron chi connectivity index (χ3n) is 4.51. The molecule has 0 unspecified atom stereocenters. The van der Waals surface area contributed by atoms with Crippen molar-refractivity contribution in [2.24, 2.45) is 0 Å². The van der Waals surface area contributed by atoms with Crippen LogP contribution in [0.5, 0.6) is 0 Å². The number of hydrogen-bond acceptors (Lipinski definition) is 1. The summed E-state index contributed by atoms with van der Waals surface area (Å²) in [6.45, 7) is 8.95. The van der Waals surface area contributed by atoms with E-state index in [0.717, 1.165) is 0 Å². The molecule has 1 aromatic rings. The van der Waals surface area contributed by atoms with Crippen LogP contribution in [-0.2, 0) is 20.6 Å². The minimum absolute atomic E-state index is 0.0883. The molecule has 0 saturated carbocycles. The van der Waals surface area contributed by atoms with Crippen LogP contribution < -0.4 is 4.90 Å². The summed E-state index contributed by atoms with van der Waals surface area (Å²) < 4.78 is -0.0883. The number of rotatable bonds is 2. The first-order valence-corrected chi connectivity index (χ1v) is 7.29. The van der Waals surface area contributed by atoms with Gasteiger partial charge in [-0.25, -0.2) is 0 Å². The zero-order valence-electron chi connectivity index (χ0n) is 12.7. The summed E-state index contributed by atoms with van der Waals surface area (Å²) in [5.74, 6) is 0. The molecule has 0 radical (unpaired) electrons. The van der Waals surface area contributed by atoms with E-state index in [1.165, 1.54) is 33.5 Å². The molecule has 101 valence electrons. The van der Waals surface area contributed by atoms with Gasteiger partial charge in [0.05, 0.1) is 0 Å². The molecule has 1 aliphatic rings. The Kier molecular flexibility index (Phi) is 3.69. The molecule has 0 saturated heterocycles. The van der Waals surface area contributed by atoms with E-state index in [0.29, 0.717) is 0 Å². The number of hydrogen-bond donors (Lipinski definition) is 0. The summed E-state index contributed by atoms with van der Waals surface area (Å²) in [7, 11) is 4.21. The third-order valence-corrected chi connectivity index (χ3v) is 5.81. The van der Waals surface area contributed by atoms with E-state index in [4.69, 9.17) is 0 Å². The maximum atomic E-state index is 3.48. The standard InChI is InChI=1S/C17H22N.Cr/c1-11-12(2)14(4)17(13(11)3)15-9-7-8-10-16(15)18(5)6;/h7-10H,1-6H3;. The van der Waals surface area contributed by atoms with Gasteiger partial charge in [-0.2, -0.15) is 0 Å². The van der Waals surface area contributed by atoms with Gasteiger partial charge in [0.2, 0.25) is 0 Å². The number of nitrogens with zero attached hydrogens (tertiary/aromatic N) is 1. The fourth-order valence-corrected chi connectivity index (χ4v) is 3.68. The second-order valence-corrected chi connectivity index (χ2v) is 6.55. The molecule has 0 aliphatic heterocycles. The van der Waals surface area contributed by atoms with Crippen molar-refractivity contribution in [3.05, 3.63) is 52.1 Å². The molecule has 19 heavy (non-hydrogen) atoms. The van der Waals surface area contributed by atoms with E-state index in [-0.39, 0.29) is 4.28 Å². The molecule has 1 nitrogen and oxygen atoms in total. The van der Waals surface area contributed by atoms with Gasteiger partial charge in [0, 0.05) is 0 Å². The van der Waals surface area contributed by atoms with Gasteiger partial charge in [-0.1, -0.05) is 0 Å². The third kappa shape index (κ3) is 1.99. The predicted molar refractivity (Wildman–Crippen MR) is 79.2 cm³/mol. The van der Waals surface area contributed by atoms with Crippen molar-refractivity contribution >= 4 is 5.69 Å². The zero-order chi connectivity index (χ0) is 14.4. The van der Waals surface area contributed by atoms with Gasteiger partial charge >= 0.3 is 125 Å². The number of para-hydroxylation sites is 1. The van der Waals surface area contributed by atoms with Crippen LogP contribution in [0.25, 0.3) is 0 Å². The van der Waals surface area contributed by atoms with E-state index < -0.39 is 0 Å². The van der Waals surface area contributed by atoms with Crippen LogP contribution in [0.1, 0.15) is 33.3 Å². The fourth-order valence-electron chi connectivity index (χ4n) is 2.94. The molecular weight excluding hydrogens is 270 g/mol. The Morgan fingerprint density at radius 1 is 0.895 bits per heavy atom. The molecule has 0 N–H and O–H groups in total. The van der Waals surface area contributed by atoms with E-state index in [2.05, 4.69) is 87.2 Å². The Hall–Kier alpha value is -0.968. The molecule has 0 heterocycles. The molecule has 0 fully saturated rings. The van der Waals surface area contributed by atoms with E-state index >= 15 is 0 Å². The van der Waals surface area contributed by atoms with Gasteiger partial charge in [-0.3, -0.25) is 0 Å². The van der Waals surface area contributed by atoms with Gasteiger partial charge in [0.25, 0.3) is 0 Å². The molecule has 0 atom stereocenters. The summed E-state index contributed by atoms with van der Waals surface area (Å²) in [5.41, 5.74) is 8.33. The summed E-state index contributed by atoms with van der Waals surface area (Å²) >= 11 is 3.48. The van der Waals surface area contributed by atoms with Crippen LogP contribution in [-0.4, -0.2) is 14.1 Å². The number of benzene rings is 1. The fraction of sp³-hybridized carbons (Fsp3) is 0.412. The first kappa shape index (κ1) is 14.4. The second-order valence-electron chi connectivity index (χ2n) is 5.59. The van der Waals surface area contributed by atoms with E-state index in [9.17, 15) is 0 Å². The van der Waals surface area contributed by atoms with Crippen molar-refractivity contribution in [2.45, 2.75) is 32.0 Å². The molecule has 2 heteroatoms. The Morgan fingerprint density at radius 3 is 1.84 bits per heavy atom. The quantitative estimate of drug-likeness (QED) is 0.790. The molecule has 0 amide bonds. The molecule has 0 bridgehead atoms. The van der Waals surface area contributed by atoms with Crippen LogP contribution in [0.3, 0.4) is 0 Å². The van der Waals surface area contributed by atoms with Gasteiger partial charge < -0.3 is 0 Å². The first-order valence-electron chi connectivity index (χ1n) is 6.65. The first-order chi connectivity index (χ1) is 8.81. The normalized spacial score (nSPS) is 18.2.